The van der Waals surface area contributed by atoms with Gasteiger partial charge < -0.3 is 20.1 Å². The lowest BCUT2D eigenvalue weighted by Crippen LogP contribution is -2.30. The van der Waals surface area contributed by atoms with Crippen LogP contribution in [0.4, 0.5) is 0 Å². The Hall–Kier alpha value is -1.59. The summed E-state index contributed by atoms with van der Waals surface area (Å²) in [5.74, 6) is 0.572. The fourth-order valence-corrected chi connectivity index (χ4v) is 2.12. The summed E-state index contributed by atoms with van der Waals surface area (Å²) in [6, 6.07) is 7.82. The van der Waals surface area contributed by atoms with Gasteiger partial charge in [0.25, 0.3) is 0 Å². The summed E-state index contributed by atoms with van der Waals surface area (Å²) in [6.45, 7) is 4.60. The monoisotopic (exact) mass is 294 g/mol. The smallest absolute Gasteiger partial charge is 0.309 e. The zero-order valence-electron chi connectivity index (χ0n) is 13.2. The van der Waals surface area contributed by atoms with Gasteiger partial charge in [0.2, 0.25) is 0 Å². The van der Waals surface area contributed by atoms with E-state index in [-0.39, 0.29) is 11.9 Å². The lowest BCUT2D eigenvalue weighted by molar-refractivity contribution is -0.145. The van der Waals surface area contributed by atoms with Gasteiger partial charge in [0.15, 0.2) is 0 Å². The van der Waals surface area contributed by atoms with Crippen LogP contribution in [0.25, 0.3) is 0 Å². The molecule has 1 aromatic rings. The summed E-state index contributed by atoms with van der Waals surface area (Å²) >= 11 is 0. The van der Waals surface area contributed by atoms with E-state index in [1.165, 1.54) is 7.11 Å². The van der Waals surface area contributed by atoms with Gasteiger partial charge in [-0.15, -0.1) is 0 Å². The molecule has 0 spiro atoms. The normalized spacial score (nSPS) is 12.2. The minimum atomic E-state index is -0.170. The van der Waals surface area contributed by atoms with Crippen molar-refractivity contribution < 1.29 is 14.3 Å². The summed E-state index contributed by atoms with van der Waals surface area (Å²) in [5.41, 5.74) is 6.66. The highest BCUT2D eigenvalue weighted by Gasteiger charge is 2.14. The molecular formula is C16H26N2O3. The first-order valence-electron chi connectivity index (χ1n) is 7.25. The van der Waals surface area contributed by atoms with Crippen molar-refractivity contribution >= 4 is 5.97 Å². The number of hydrogen-bond acceptors (Lipinski definition) is 5. The molecule has 0 bridgehead atoms. The van der Waals surface area contributed by atoms with Gasteiger partial charge in [-0.25, -0.2) is 0 Å². The molecule has 0 amide bonds. The fraction of sp³-hybridized carbons (Fsp3) is 0.562. The molecule has 1 atom stereocenters. The van der Waals surface area contributed by atoms with E-state index in [0.717, 1.165) is 24.3 Å². The SMILES string of the molecule is COC(=O)C(C)CN(C)CCCOc1cccc(CN)c1. The molecule has 0 radical (unpaired) electrons. The third-order valence-electron chi connectivity index (χ3n) is 3.28. The van der Waals surface area contributed by atoms with Crippen molar-refractivity contribution in [1.82, 2.24) is 4.90 Å². The van der Waals surface area contributed by atoms with Crippen LogP contribution in [0.5, 0.6) is 5.75 Å². The van der Waals surface area contributed by atoms with Gasteiger partial charge >= 0.3 is 5.97 Å². The number of hydrogen-bond donors (Lipinski definition) is 1. The van der Waals surface area contributed by atoms with Crippen LogP contribution >= 0.6 is 0 Å². The fourth-order valence-electron chi connectivity index (χ4n) is 2.12. The zero-order valence-corrected chi connectivity index (χ0v) is 13.2. The topological polar surface area (TPSA) is 64.8 Å². The predicted molar refractivity (Wildman–Crippen MR) is 83.1 cm³/mol. The van der Waals surface area contributed by atoms with Crippen LogP contribution in [-0.4, -0.2) is 44.7 Å². The molecule has 1 unspecified atom stereocenters. The van der Waals surface area contributed by atoms with Crippen LogP contribution in [0.15, 0.2) is 24.3 Å². The maximum Gasteiger partial charge on any atom is 0.309 e. The first-order valence-corrected chi connectivity index (χ1v) is 7.25. The summed E-state index contributed by atoms with van der Waals surface area (Å²) in [5, 5.41) is 0. The standard InChI is InChI=1S/C16H26N2O3/c1-13(16(19)20-3)12-18(2)8-5-9-21-15-7-4-6-14(10-15)11-17/h4,6-7,10,13H,5,8-9,11-12,17H2,1-3H3. The maximum atomic E-state index is 11.3. The number of esters is 1. The van der Waals surface area contributed by atoms with Crippen LogP contribution in [-0.2, 0) is 16.1 Å². The van der Waals surface area contributed by atoms with Crippen LogP contribution < -0.4 is 10.5 Å². The Bertz CT molecular complexity index is 437. The average Bonchev–Trinajstić information content (AvgIpc) is 2.50. The van der Waals surface area contributed by atoms with Crippen LogP contribution in [0.2, 0.25) is 0 Å². The van der Waals surface area contributed by atoms with Gasteiger partial charge in [-0.2, -0.15) is 0 Å². The summed E-state index contributed by atoms with van der Waals surface area (Å²) in [7, 11) is 3.41. The minimum Gasteiger partial charge on any atom is -0.494 e. The first kappa shape index (κ1) is 17.5. The van der Waals surface area contributed by atoms with Crippen molar-refractivity contribution in [2.75, 3.05) is 33.9 Å². The first-order chi connectivity index (χ1) is 10.1. The highest BCUT2D eigenvalue weighted by atomic mass is 16.5. The van der Waals surface area contributed by atoms with E-state index >= 15 is 0 Å². The maximum absolute atomic E-state index is 11.3. The molecule has 0 aliphatic carbocycles. The molecule has 0 aliphatic heterocycles. The van der Waals surface area contributed by atoms with Crippen molar-refractivity contribution in [2.45, 2.75) is 19.9 Å². The van der Waals surface area contributed by atoms with Crippen LogP contribution in [0.1, 0.15) is 18.9 Å². The number of rotatable bonds is 9. The van der Waals surface area contributed by atoms with Crippen molar-refractivity contribution in [3.8, 4) is 5.75 Å². The van der Waals surface area contributed by atoms with Crippen LogP contribution in [0, 0.1) is 5.92 Å². The molecule has 0 saturated carbocycles. The second kappa shape index (κ2) is 9.37. The summed E-state index contributed by atoms with van der Waals surface area (Å²) in [6.07, 6.45) is 0.900. The number of benzene rings is 1. The lowest BCUT2D eigenvalue weighted by atomic mass is 10.2. The molecule has 0 fully saturated rings. The van der Waals surface area contributed by atoms with Gasteiger partial charge in [-0.1, -0.05) is 19.1 Å². The van der Waals surface area contributed by atoms with E-state index in [4.69, 9.17) is 15.2 Å². The van der Waals surface area contributed by atoms with Crippen molar-refractivity contribution in [3.63, 3.8) is 0 Å². The van der Waals surface area contributed by atoms with E-state index < -0.39 is 0 Å². The molecule has 0 saturated heterocycles. The number of carbonyl (C=O) groups is 1. The van der Waals surface area contributed by atoms with E-state index in [9.17, 15) is 4.79 Å². The Labute approximate surface area is 127 Å². The van der Waals surface area contributed by atoms with Crippen molar-refractivity contribution in [1.29, 1.82) is 0 Å². The highest BCUT2D eigenvalue weighted by molar-refractivity contribution is 5.72. The lowest BCUT2D eigenvalue weighted by Gasteiger charge is -2.19. The summed E-state index contributed by atoms with van der Waals surface area (Å²) < 4.78 is 10.4. The Morgan fingerprint density at radius 3 is 2.86 bits per heavy atom. The molecule has 5 heteroatoms. The molecule has 2 N–H and O–H groups in total. The number of nitrogens with two attached hydrogens (primary N) is 1. The molecule has 118 valence electrons. The molecule has 5 nitrogen and oxygen atoms in total. The Balaban J connectivity index is 2.22. The second-order valence-corrected chi connectivity index (χ2v) is 5.24. The quantitative estimate of drug-likeness (QED) is 0.554. The zero-order chi connectivity index (χ0) is 15.7. The molecule has 21 heavy (non-hydrogen) atoms. The molecule has 1 rings (SSSR count). The number of methoxy groups -OCH3 is 1. The summed E-state index contributed by atoms with van der Waals surface area (Å²) in [4.78, 5) is 13.5. The van der Waals surface area contributed by atoms with Crippen LogP contribution in [0.3, 0.4) is 0 Å². The van der Waals surface area contributed by atoms with E-state index in [0.29, 0.717) is 19.7 Å². The number of nitrogens with zero attached hydrogens (tertiary/aromatic N) is 1. The van der Waals surface area contributed by atoms with Gasteiger partial charge in [-0.05, 0) is 31.2 Å². The number of carbonyl (C=O) groups excluding carboxylic acids is 1. The Kier molecular flexibility index (Phi) is 7.79. The largest absolute Gasteiger partial charge is 0.494 e. The molecule has 1 aromatic carbocycles. The Morgan fingerprint density at radius 2 is 2.19 bits per heavy atom. The molecule has 0 heterocycles. The number of ether oxygens (including phenoxy) is 2. The third-order valence-corrected chi connectivity index (χ3v) is 3.28. The third kappa shape index (κ3) is 6.60. The van der Waals surface area contributed by atoms with Crippen molar-refractivity contribution in [2.24, 2.45) is 11.7 Å². The van der Waals surface area contributed by atoms with Gasteiger partial charge in [0.1, 0.15) is 5.75 Å². The highest BCUT2D eigenvalue weighted by Crippen LogP contribution is 2.13. The molecular weight excluding hydrogens is 268 g/mol. The van der Waals surface area contributed by atoms with Gasteiger partial charge in [0, 0.05) is 19.6 Å². The van der Waals surface area contributed by atoms with E-state index in [2.05, 4.69) is 4.90 Å². The predicted octanol–water partition coefficient (Wildman–Crippen LogP) is 1.66. The van der Waals surface area contributed by atoms with Gasteiger partial charge in [0.05, 0.1) is 19.6 Å². The second-order valence-electron chi connectivity index (χ2n) is 5.24. The molecule has 0 aliphatic rings. The van der Waals surface area contributed by atoms with E-state index in [1.807, 2.05) is 38.2 Å². The van der Waals surface area contributed by atoms with Gasteiger partial charge in [-0.3, -0.25) is 4.79 Å². The van der Waals surface area contributed by atoms with E-state index in [1.54, 1.807) is 0 Å². The molecule has 0 aromatic heterocycles. The van der Waals surface area contributed by atoms with Crippen molar-refractivity contribution in [3.05, 3.63) is 29.8 Å². The Morgan fingerprint density at radius 1 is 1.43 bits per heavy atom. The minimum absolute atomic E-state index is 0.109. The average molecular weight is 294 g/mol.